The van der Waals surface area contributed by atoms with Gasteiger partial charge in [0.05, 0.1) is 5.60 Å². The van der Waals surface area contributed by atoms with Gasteiger partial charge in [-0.15, -0.1) is 0 Å². The summed E-state index contributed by atoms with van der Waals surface area (Å²) < 4.78 is 0. The fourth-order valence-corrected chi connectivity index (χ4v) is 1.20. The fraction of sp³-hybridized carbons (Fsp3) is 0.900. The fourth-order valence-electron chi connectivity index (χ4n) is 1.20. The zero-order valence-electron chi connectivity index (χ0n) is 8.34. The normalized spacial score (nSPS) is 14.3. The molecule has 2 heteroatoms. The first-order chi connectivity index (χ1) is 5.52. The van der Waals surface area contributed by atoms with E-state index in [0.717, 1.165) is 32.0 Å². The Morgan fingerprint density at radius 3 is 2.33 bits per heavy atom. The van der Waals surface area contributed by atoms with E-state index in [4.69, 9.17) is 0 Å². The van der Waals surface area contributed by atoms with Crippen molar-refractivity contribution >= 4 is 6.29 Å². The number of unbranched alkanes of at least 4 members (excludes halogenated alkanes) is 2. The summed E-state index contributed by atoms with van der Waals surface area (Å²) >= 11 is 0. The minimum atomic E-state index is -0.852. The Bertz CT molecular complexity index is 124. The van der Waals surface area contributed by atoms with Gasteiger partial charge in [-0.25, -0.2) is 0 Å². The maximum Gasteiger partial charge on any atom is 0.125 e. The van der Waals surface area contributed by atoms with Gasteiger partial charge >= 0.3 is 0 Å². The highest BCUT2D eigenvalue weighted by atomic mass is 16.3. The summed E-state index contributed by atoms with van der Waals surface area (Å²) in [5.41, 5.74) is -0.852. The molecule has 12 heavy (non-hydrogen) atoms. The van der Waals surface area contributed by atoms with Crippen LogP contribution in [0.2, 0.25) is 0 Å². The van der Waals surface area contributed by atoms with E-state index in [1.54, 1.807) is 13.8 Å². The minimum Gasteiger partial charge on any atom is -0.390 e. The Hall–Kier alpha value is -0.370. The van der Waals surface area contributed by atoms with E-state index >= 15 is 0 Å². The first-order valence-corrected chi connectivity index (χ1v) is 4.70. The average Bonchev–Trinajstić information content (AvgIpc) is 1.95. The number of rotatable bonds is 6. The lowest BCUT2D eigenvalue weighted by Gasteiger charge is -2.24. The summed E-state index contributed by atoms with van der Waals surface area (Å²) in [5, 5.41) is 9.55. The van der Waals surface area contributed by atoms with Crippen LogP contribution < -0.4 is 0 Å². The molecule has 0 fully saturated rings. The molecule has 0 heterocycles. The standard InChI is InChI=1S/C10H20O2/c1-4-5-6-7-9(8-11)10(2,3)12/h8-9,12H,4-7H2,1-3H3. The van der Waals surface area contributed by atoms with E-state index in [0.29, 0.717) is 0 Å². The zero-order valence-corrected chi connectivity index (χ0v) is 8.34. The molecule has 0 aromatic carbocycles. The van der Waals surface area contributed by atoms with Crippen LogP contribution in [0.3, 0.4) is 0 Å². The molecule has 0 saturated heterocycles. The summed E-state index contributed by atoms with van der Waals surface area (Å²) in [6, 6.07) is 0. The predicted octanol–water partition coefficient (Wildman–Crippen LogP) is 2.15. The number of carbonyl (C=O) groups is 1. The second-order valence-corrected chi connectivity index (χ2v) is 3.89. The monoisotopic (exact) mass is 172 g/mol. The van der Waals surface area contributed by atoms with Crippen LogP contribution in [-0.2, 0) is 4.79 Å². The van der Waals surface area contributed by atoms with Crippen molar-refractivity contribution in [1.29, 1.82) is 0 Å². The highest BCUT2D eigenvalue weighted by Crippen LogP contribution is 2.20. The lowest BCUT2D eigenvalue weighted by molar-refractivity contribution is -0.118. The van der Waals surface area contributed by atoms with Gasteiger partial charge in [-0.05, 0) is 20.3 Å². The van der Waals surface area contributed by atoms with Crippen molar-refractivity contribution < 1.29 is 9.90 Å². The minimum absolute atomic E-state index is 0.205. The van der Waals surface area contributed by atoms with Crippen molar-refractivity contribution in [2.75, 3.05) is 0 Å². The molecule has 0 radical (unpaired) electrons. The van der Waals surface area contributed by atoms with Gasteiger partial charge in [-0.2, -0.15) is 0 Å². The van der Waals surface area contributed by atoms with Gasteiger partial charge in [0, 0.05) is 5.92 Å². The third kappa shape index (κ3) is 4.50. The Labute approximate surface area is 75.0 Å². The van der Waals surface area contributed by atoms with E-state index in [-0.39, 0.29) is 5.92 Å². The van der Waals surface area contributed by atoms with E-state index in [1.165, 1.54) is 0 Å². The van der Waals surface area contributed by atoms with Crippen LogP contribution in [0.25, 0.3) is 0 Å². The van der Waals surface area contributed by atoms with Crippen LogP contribution >= 0.6 is 0 Å². The Morgan fingerprint density at radius 1 is 1.42 bits per heavy atom. The molecule has 0 bridgehead atoms. The number of carbonyl (C=O) groups excluding carboxylic acids is 1. The quantitative estimate of drug-likeness (QED) is 0.492. The Kier molecular flexibility index (Phi) is 5.14. The van der Waals surface area contributed by atoms with E-state index in [2.05, 4.69) is 6.92 Å². The number of aliphatic hydroxyl groups is 1. The zero-order chi connectivity index (χ0) is 9.61. The molecule has 0 spiro atoms. The smallest absolute Gasteiger partial charge is 0.125 e. The van der Waals surface area contributed by atoms with Crippen molar-refractivity contribution in [2.45, 2.75) is 52.1 Å². The third-order valence-corrected chi connectivity index (χ3v) is 2.19. The lowest BCUT2D eigenvalue weighted by Crippen LogP contribution is -2.31. The summed E-state index contributed by atoms with van der Waals surface area (Å²) in [5.74, 6) is -0.205. The van der Waals surface area contributed by atoms with Crippen LogP contribution in [0.5, 0.6) is 0 Å². The summed E-state index contributed by atoms with van der Waals surface area (Å²) in [7, 11) is 0. The molecule has 1 N–H and O–H groups in total. The van der Waals surface area contributed by atoms with E-state index < -0.39 is 5.60 Å². The first kappa shape index (κ1) is 11.6. The largest absolute Gasteiger partial charge is 0.390 e. The van der Waals surface area contributed by atoms with Crippen molar-refractivity contribution in [2.24, 2.45) is 5.92 Å². The molecule has 72 valence electrons. The summed E-state index contributed by atoms with van der Waals surface area (Å²) in [4.78, 5) is 10.6. The molecule has 0 aliphatic rings. The van der Waals surface area contributed by atoms with Gasteiger partial charge in [0.15, 0.2) is 0 Å². The van der Waals surface area contributed by atoms with Crippen molar-refractivity contribution in [3.05, 3.63) is 0 Å². The molecule has 0 amide bonds. The van der Waals surface area contributed by atoms with Gasteiger partial charge in [0.2, 0.25) is 0 Å². The van der Waals surface area contributed by atoms with Gasteiger partial charge in [0.25, 0.3) is 0 Å². The molecule has 0 rings (SSSR count). The Balaban J connectivity index is 3.76. The maximum atomic E-state index is 10.6. The number of hydrogen-bond acceptors (Lipinski definition) is 2. The van der Waals surface area contributed by atoms with Gasteiger partial charge in [-0.3, -0.25) is 0 Å². The maximum absolute atomic E-state index is 10.6. The van der Waals surface area contributed by atoms with Gasteiger partial charge in [0.1, 0.15) is 6.29 Å². The van der Waals surface area contributed by atoms with Crippen LogP contribution in [0.1, 0.15) is 46.5 Å². The molecule has 0 aromatic rings. The van der Waals surface area contributed by atoms with Crippen molar-refractivity contribution in [3.63, 3.8) is 0 Å². The van der Waals surface area contributed by atoms with Crippen molar-refractivity contribution in [1.82, 2.24) is 0 Å². The average molecular weight is 172 g/mol. The number of hydrogen-bond donors (Lipinski definition) is 1. The molecule has 2 nitrogen and oxygen atoms in total. The summed E-state index contributed by atoms with van der Waals surface area (Å²) in [6.45, 7) is 5.51. The van der Waals surface area contributed by atoms with E-state index in [1.807, 2.05) is 0 Å². The van der Waals surface area contributed by atoms with Crippen LogP contribution in [0.4, 0.5) is 0 Å². The van der Waals surface area contributed by atoms with Gasteiger partial charge < -0.3 is 9.90 Å². The predicted molar refractivity (Wildman–Crippen MR) is 50.0 cm³/mol. The highest BCUT2D eigenvalue weighted by Gasteiger charge is 2.25. The second kappa shape index (κ2) is 5.31. The van der Waals surface area contributed by atoms with Gasteiger partial charge in [-0.1, -0.05) is 26.2 Å². The molecule has 1 unspecified atom stereocenters. The topological polar surface area (TPSA) is 37.3 Å². The molecule has 1 atom stereocenters. The molecule has 0 aliphatic heterocycles. The molecule has 0 aliphatic carbocycles. The Morgan fingerprint density at radius 2 is 2.00 bits per heavy atom. The molecule has 0 aromatic heterocycles. The van der Waals surface area contributed by atoms with E-state index in [9.17, 15) is 9.90 Å². The third-order valence-electron chi connectivity index (χ3n) is 2.19. The van der Waals surface area contributed by atoms with Crippen molar-refractivity contribution in [3.8, 4) is 0 Å². The second-order valence-electron chi connectivity index (χ2n) is 3.89. The highest BCUT2D eigenvalue weighted by molar-refractivity contribution is 5.55. The van der Waals surface area contributed by atoms with Crippen LogP contribution in [0.15, 0.2) is 0 Å². The molecular formula is C10H20O2. The SMILES string of the molecule is CCCCCC(C=O)C(C)(C)O. The van der Waals surface area contributed by atoms with Crippen LogP contribution in [0, 0.1) is 5.92 Å². The summed E-state index contributed by atoms with van der Waals surface area (Å²) in [6.07, 6.45) is 5.00. The molecular weight excluding hydrogens is 152 g/mol. The van der Waals surface area contributed by atoms with Crippen LogP contribution in [-0.4, -0.2) is 17.0 Å². The lowest BCUT2D eigenvalue weighted by atomic mass is 9.88. The first-order valence-electron chi connectivity index (χ1n) is 4.70. The molecule has 0 saturated carbocycles. The number of aldehydes is 1.